The minimum Gasteiger partial charge on any atom is -0.309 e. The van der Waals surface area contributed by atoms with Crippen LogP contribution in [0.4, 0.5) is 0 Å². The average Bonchev–Trinajstić information content (AvgIpc) is 2.99. The lowest BCUT2D eigenvalue weighted by Gasteiger charge is -2.45. The fraction of sp³-hybridized carbons (Fsp3) is 1.00. The molecule has 0 aromatic heterocycles. The summed E-state index contributed by atoms with van der Waals surface area (Å²) in [5, 5.41) is 3.82. The molecule has 3 saturated heterocycles. The van der Waals surface area contributed by atoms with Crippen LogP contribution in [0.5, 0.6) is 0 Å². The van der Waals surface area contributed by atoms with Gasteiger partial charge in [-0.05, 0) is 51.5 Å². The predicted octanol–water partition coefficient (Wildman–Crippen LogP) is 1.30. The van der Waals surface area contributed by atoms with Gasteiger partial charge in [-0.1, -0.05) is 0 Å². The van der Waals surface area contributed by atoms with Gasteiger partial charge in [-0.3, -0.25) is 9.80 Å². The highest BCUT2D eigenvalue weighted by Gasteiger charge is 2.47. The molecular weight excluding hydrogens is 222 g/mol. The van der Waals surface area contributed by atoms with Crippen LogP contribution in [0.15, 0.2) is 0 Å². The summed E-state index contributed by atoms with van der Waals surface area (Å²) in [6.07, 6.45) is 7.22. The molecule has 4 aliphatic rings. The Hall–Kier alpha value is -0.120. The van der Waals surface area contributed by atoms with Gasteiger partial charge in [-0.15, -0.1) is 0 Å². The second-order valence-corrected chi connectivity index (χ2v) is 7.19. The molecule has 18 heavy (non-hydrogen) atoms. The highest BCUT2D eigenvalue weighted by Crippen LogP contribution is 2.42. The van der Waals surface area contributed by atoms with Crippen LogP contribution < -0.4 is 5.32 Å². The minimum absolute atomic E-state index is 0.421. The number of rotatable bonds is 2. The van der Waals surface area contributed by atoms with Crippen molar-refractivity contribution in [2.24, 2.45) is 5.92 Å². The second kappa shape index (κ2) is 4.19. The van der Waals surface area contributed by atoms with Crippen molar-refractivity contribution in [2.75, 3.05) is 32.7 Å². The number of piperazine rings is 1. The van der Waals surface area contributed by atoms with Crippen molar-refractivity contribution < 1.29 is 0 Å². The summed E-state index contributed by atoms with van der Waals surface area (Å²) in [6, 6.07) is 1.76. The SMILES string of the molecule is CC1(C2CC2)CN(C2CCN3CCCC23)CCN1. The molecule has 0 radical (unpaired) electrons. The molecule has 0 amide bonds. The summed E-state index contributed by atoms with van der Waals surface area (Å²) in [5.41, 5.74) is 0.421. The van der Waals surface area contributed by atoms with E-state index in [4.69, 9.17) is 0 Å². The van der Waals surface area contributed by atoms with Crippen molar-refractivity contribution >= 4 is 0 Å². The standard InChI is InChI=1S/C15H27N3/c1-15(12-4-5-12)11-18(10-7-16-15)14-6-9-17-8-2-3-13(14)17/h12-14,16H,2-11H2,1H3. The average molecular weight is 249 g/mol. The Kier molecular flexibility index (Phi) is 2.72. The lowest BCUT2D eigenvalue weighted by molar-refractivity contribution is 0.0748. The van der Waals surface area contributed by atoms with Crippen LogP contribution in [-0.2, 0) is 0 Å². The molecule has 3 heterocycles. The molecule has 0 aromatic carbocycles. The largest absolute Gasteiger partial charge is 0.309 e. The van der Waals surface area contributed by atoms with Crippen molar-refractivity contribution in [3.05, 3.63) is 0 Å². The summed E-state index contributed by atoms with van der Waals surface area (Å²) in [4.78, 5) is 5.59. The zero-order chi connectivity index (χ0) is 12.2. The van der Waals surface area contributed by atoms with Gasteiger partial charge in [0.25, 0.3) is 0 Å². The maximum Gasteiger partial charge on any atom is 0.0309 e. The van der Waals surface area contributed by atoms with Crippen molar-refractivity contribution in [3.63, 3.8) is 0 Å². The molecule has 4 fully saturated rings. The summed E-state index contributed by atoms with van der Waals surface area (Å²) in [7, 11) is 0. The molecule has 3 aliphatic heterocycles. The fourth-order valence-corrected chi connectivity index (χ4v) is 4.80. The molecule has 1 saturated carbocycles. The quantitative estimate of drug-likeness (QED) is 0.796. The first kappa shape index (κ1) is 11.7. The lowest BCUT2D eigenvalue weighted by atomic mass is 9.91. The van der Waals surface area contributed by atoms with Crippen molar-refractivity contribution in [2.45, 2.75) is 56.7 Å². The predicted molar refractivity (Wildman–Crippen MR) is 73.7 cm³/mol. The third kappa shape index (κ3) is 1.83. The molecule has 4 rings (SSSR count). The molecule has 3 heteroatoms. The van der Waals surface area contributed by atoms with Crippen LogP contribution in [0.25, 0.3) is 0 Å². The highest BCUT2D eigenvalue weighted by molar-refractivity contribution is 5.05. The Bertz CT molecular complexity index is 328. The summed E-state index contributed by atoms with van der Waals surface area (Å²) in [6.45, 7) is 8.98. The minimum atomic E-state index is 0.421. The number of fused-ring (bicyclic) bond motifs is 1. The monoisotopic (exact) mass is 249 g/mol. The van der Waals surface area contributed by atoms with Gasteiger partial charge < -0.3 is 5.32 Å². The van der Waals surface area contributed by atoms with Crippen LogP contribution in [0.1, 0.15) is 39.0 Å². The van der Waals surface area contributed by atoms with E-state index in [1.54, 1.807) is 0 Å². The van der Waals surface area contributed by atoms with E-state index in [0.717, 1.165) is 18.0 Å². The van der Waals surface area contributed by atoms with Gasteiger partial charge in [-0.25, -0.2) is 0 Å². The molecule has 0 bridgehead atoms. The second-order valence-electron chi connectivity index (χ2n) is 7.19. The van der Waals surface area contributed by atoms with Gasteiger partial charge >= 0.3 is 0 Å². The van der Waals surface area contributed by atoms with Gasteiger partial charge in [0.15, 0.2) is 0 Å². The fourth-order valence-electron chi connectivity index (χ4n) is 4.80. The summed E-state index contributed by atoms with van der Waals surface area (Å²) < 4.78 is 0. The Morgan fingerprint density at radius 2 is 1.78 bits per heavy atom. The highest BCUT2D eigenvalue weighted by atomic mass is 15.3. The van der Waals surface area contributed by atoms with E-state index in [1.807, 2.05) is 0 Å². The molecule has 3 unspecified atom stereocenters. The molecule has 0 aromatic rings. The number of nitrogens with one attached hydrogen (secondary N) is 1. The first-order valence-corrected chi connectivity index (χ1v) is 7.99. The topological polar surface area (TPSA) is 18.5 Å². The van der Waals surface area contributed by atoms with Gasteiger partial charge in [0.2, 0.25) is 0 Å². The van der Waals surface area contributed by atoms with E-state index < -0.39 is 0 Å². The Balaban J connectivity index is 1.47. The first-order chi connectivity index (χ1) is 8.76. The zero-order valence-electron chi connectivity index (χ0n) is 11.7. The molecular formula is C15H27N3. The molecule has 3 atom stereocenters. The normalized spacial score (nSPS) is 46.5. The molecule has 102 valence electrons. The van der Waals surface area contributed by atoms with E-state index in [0.29, 0.717) is 5.54 Å². The van der Waals surface area contributed by atoms with Crippen LogP contribution >= 0.6 is 0 Å². The Labute approximate surface area is 111 Å². The van der Waals surface area contributed by atoms with Crippen molar-refractivity contribution in [3.8, 4) is 0 Å². The number of hydrogen-bond acceptors (Lipinski definition) is 3. The zero-order valence-corrected chi connectivity index (χ0v) is 11.7. The van der Waals surface area contributed by atoms with Gasteiger partial charge in [0, 0.05) is 43.8 Å². The van der Waals surface area contributed by atoms with Crippen molar-refractivity contribution in [1.82, 2.24) is 15.1 Å². The van der Waals surface area contributed by atoms with Crippen LogP contribution in [0.2, 0.25) is 0 Å². The molecule has 1 N–H and O–H groups in total. The Morgan fingerprint density at radius 1 is 0.944 bits per heavy atom. The number of nitrogens with zero attached hydrogens (tertiary/aromatic N) is 2. The lowest BCUT2D eigenvalue weighted by Crippen LogP contribution is -2.63. The smallest absolute Gasteiger partial charge is 0.0309 e. The maximum absolute atomic E-state index is 3.82. The van der Waals surface area contributed by atoms with Crippen LogP contribution in [-0.4, -0.2) is 60.1 Å². The first-order valence-electron chi connectivity index (χ1n) is 7.99. The van der Waals surface area contributed by atoms with E-state index in [1.165, 1.54) is 64.8 Å². The molecule has 1 aliphatic carbocycles. The summed E-state index contributed by atoms with van der Waals surface area (Å²) in [5.74, 6) is 0.960. The van der Waals surface area contributed by atoms with E-state index in [9.17, 15) is 0 Å². The van der Waals surface area contributed by atoms with Gasteiger partial charge in [0.05, 0.1) is 0 Å². The van der Waals surface area contributed by atoms with Gasteiger partial charge in [0.1, 0.15) is 0 Å². The van der Waals surface area contributed by atoms with E-state index >= 15 is 0 Å². The van der Waals surface area contributed by atoms with Gasteiger partial charge in [-0.2, -0.15) is 0 Å². The van der Waals surface area contributed by atoms with E-state index in [2.05, 4.69) is 22.0 Å². The number of hydrogen-bond donors (Lipinski definition) is 1. The maximum atomic E-state index is 3.82. The molecule has 3 nitrogen and oxygen atoms in total. The van der Waals surface area contributed by atoms with Crippen LogP contribution in [0.3, 0.4) is 0 Å². The van der Waals surface area contributed by atoms with Crippen molar-refractivity contribution in [1.29, 1.82) is 0 Å². The van der Waals surface area contributed by atoms with Crippen LogP contribution in [0, 0.1) is 5.92 Å². The third-order valence-corrected chi connectivity index (χ3v) is 5.98. The Morgan fingerprint density at radius 3 is 2.61 bits per heavy atom. The molecule has 0 spiro atoms. The summed E-state index contributed by atoms with van der Waals surface area (Å²) >= 11 is 0. The third-order valence-electron chi connectivity index (χ3n) is 5.98. The van der Waals surface area contributed by atoms with E-state index in [-0.39, 0.29) is 0 Å².